The number of hydrazone groups is 1. The van der Waals surface area contributed by atoms with E-state index in [2.05, 4.69) is 42.4 Å². The maximum atomic E-state index is 13.1. The molecule has 10 nitrogen and oxygen atoms in total. The van der Waals surface area contributed by atoms with Crippen molar-refractivity contribution in [1.82, 2.24) is 5.43 Å². The van der Waals surface area contributed by atoms with Gasteiger partial charge in [0.1, 0.15) is 13.2 Å². The molecule has 3 aromatic rings. The molecule has 1 N–H and O–H groups in total. The number of esters is 1. The molecule has 1 amide bonds. The summed E-state index contributed by atoms with van der Waals surface area (Å²) in [6.07, 6.45) is 1.36. The lowest BCUT2D eigenvalue weighted by atomic mass is 10.1. The van der Waals surface area contributed by atoms with Gasteiger partial charge in [0.15, 0.2) is 28.7 Å². The van der Waals surface area contributed by atoms with E-state index in [9.17, 15) is 9.59 Å². The molecule has 198 valence electrons. The van der Waals surface area contributed by atoms with Crippen LogP contribution in [-0.2, 0) is 0 Å². The van der Waals surface area contributed by atoms with Crippen LogP contribution in [0.3, 0.4) is 0 Å². The van der Waals surface area contributed by atoms with E-state index in [0.717, 1.165) is 0 Å². The molecule has 0 radical (unpaired) electrons. The van der Waals surface area contributed by atoms with Gasteiger partial charge in [-0.2, -0.15) is 5.10 Å². The first-order valence-electron chi connectivity index (χ1n) is 11.1. The standard InChI is InChI=1S/C26H22Br2N2O8/c1-33-21-10-15(11-22(34-2)24(21)35-3)26(32)38-23-16(8-17(27)12-18(23)28)13-29-30-25(31)14-4-5-19-20(9-14)37-7-6-36-19/h4-5,8-13H,6-7H2,1-3H3,(H,30,31). The second kappa shape index (κ2) is 12.2. The van der Waals surface area contributed by atoms with E-state index in [-0.39, 0.29) is 11.3 Å². The molecule has 0 fully saturated rings. The highest BCUT2D eigenvalue weighted by atomic mass is 79.9. The molecule has 0 aliphatic carbocycles. The van der Waals surface area contributed by atoms with Gasteiger partial charge in [-0.1, -0.05) is 15.9 Å². The molecular formula is C26H22Br2N2O8. The summed E-state index contributed by atoms with van der Waals surface area (Å²) in [5.41, 5.74) is 3.39. The highest BCUT2D eigenvalue weighted by Crippen LogP contribution is 2.39. The Morgan fingerprint density at radius 2 is 1.55 bits per heavy atom. The zero-order valence-corrected chi connectivity index (χ0v) is 23.7. The minimum atomic E-state index is -0.678. The zero-order valence-electron chi connectivity index (χ0n) is 20.5. The van der Waals surface area contributed by atoms with Crippen LogP contribution < -0.4 is 33.8 Å². The highest BCUT2D eigenvalue weighted by molar-refractivity contribution is 9.11. The van der Waals surface area contributed by atoms with Crippen LogP contribution in [0.1, 0.15) is 26.3 Å². The Bertz CT molecular complexity index is 1390. The Morgan fingerprint density at radius 3 is 2.21 bits per heavy atom. The summed E-state index contributed by atoms with van der Waals surface area (Å²) in [6, 6.07) is 11.2. The number of ether oxygens (including phenoxy) is 6. The van der Waals surface area contributed by atoms with Crippen molar-refractivity contribution in [3.05, 3.63) is 68.1 Å². The lowest BCUT2D eigenvalue weighted by Gasteiger charge is -2.18. The number of nitrogens with zero attached hydrogens (tertiary/aromatic N) is 1. The maximum absolute atomic E-state index is 13.1. The molecule has 0 unspecified atom stereocenters. The molecule has 1 heterocycles. The minimum absolute atomic E-state index is 0.170. The molecule has 0 saturated carbocycles. The lowest BCUT2D eigenvalue weighted by Crippen LogP contribution is -2.19. The van der Waals surface area contributed by atoms with Gasteiger partial charge >= 0.3 is 5.97 Å². The number of carbonyl (C=O) groups is 2. The summed E-state index contributed by atoms with van der Waals surface area (Å²) in [6.45, 7) is 0.864. The lowest BCUT2D eigenvalue weighted by molar-refractivity contribution is 0.0732. The Labute approximate surface area is 235 Å². The first-order valence-corrected chi connectivity index (χ1v) is 12.7. The number of carbonyl (C=O) groups excluding carboxylic acids is 2. The van der Waals surface area contributed by atoms with Crippen molar-refractivity contribution in [2.75, 3.05) is 34.5 Å². The number of benzene rings is 3. The smallest absolute Gasteiger partial charge is 0.343 e. The number of halogens is 2. The summed E-state index contributed by atoms with van der Waals surface area (Å²) in [5.74, 6) is 1.07. The van der Waals surface area contributed by atoms with Crippen molar-refractivity contribution >= 4 is 50.0 Å². The van der Waals surface area contributed by atoms with Crippen LogP contribution in [-0.4, -0.2) is 52.6 Å². The molecule has 12 heteroatoms. The molecule has 0 saturated heterocycles. The van der Waals surface area contributed by atoms with Crippen LogP contribution >= 0.6 is 31.9 Å². The van der Waals surface area contributed by atoms with Gasteiger partial charge in [-0.15, -0.1) is 0 Å². The first kappa shape index (κ1) is 27.3. The van der Waals surface area contributed by atoms with Crippen molar-refractivity contribution in [3.63, 3.8) is 0 Å². The van der Waals surface area contributed by atoms with E-state index in [1.54, 1.807) is 30.3 Å². The number of hydrogen-bond donors (Lipinski definition) is 1. The Morgan fingerprint density at radius 1 is 0.868 bits per heavy atom. The molecule has 1 aliphatic heterocycles. The molecule has 38 heavy (non-hydrogen) atoms. The van der Waals surface area contributed by atoms with Gasteiger partial charge in [0.25, 0.3) is 5.91 Å². The SMILES string of the molecule is COc1cc(C(=O)Oc2c(Br)cc(Br)cc2C=NNC(=O)c2ccc3c(c2)OCCO3)cc(OC)c1OC. The summed E-state index contributed by atoms with van der Waals surface area (Å²) in [4.78, 5) is 25.7. The predicted octanol–water partition coefficient (Wildman–Crippen LogP) is 4.99. The quantitative estimate of drug-likeness (QED) is 0.157. The third-order valence-corrected chi connectivity index (χ3v) is 6.35. The number of fused-ring (bicyclic) bond motifs is 1. The summed E-state index contributed by atoms with van der Waals surface area (Å²) in [7, 11) is 4.37. The molecule has 0 bridgehead atoms. The fourth-order valence-electron chi connectivity index (χ4n) is 3.54. The third kappa shape index (κ3) is 6.03. The van der Waals surface area contributed by atoms with Crippen molar-refractivity contribution < 1.29 is 38.0 Å². The van der Waals surface area contributed by atoms with Crippen molar-refractivity contribution in [3.8, 4) is 34.5 Å². The average Bonchev–Trinajstić information content (AvgIpc) is 2.93. The van der Waals surface area contributed by atoms with Gasteiger partial charge in [0.05, 0.1) is 37.6 Å². The van der Waals surface area contributed by atoms with Gasteiger partial charge < -0.3 is 28.4 Å². The molecule has 4 rings (SSSR count). The third-order valence-electron chi connectivity index (χ3n) is 5.31. The number of amides is 1. The van der Waals surface area contributed by atoms with Gasteiger partial charge in [-0.25, -0.2) is 10.2 Å². The van der Waals surface area contributed by atoms with Crippen LogP contribution in [0.4, 0.5) is 0 Å². The monoisotopic (exact) mass is 648 g/mol. The van der Waals surface area contributed by atoms with E-state index < -0.39 is 11.9 Å². The molecule has 0 spiro atoms. The van der Waals surface area contributed by atoms with Crippen LogP contribution in [0.2, 0.25) is 0 Å². The fraction of sp³-hybridized carbons (Fsp3) is 0.192. The fourth-order valence-corrected chi connectivity index (χ4v) is 4.88. The number of nitrogens with one attached hydrogen (secondary N) is 1. The van der Waals surface area contributed by atoms with Gasteiger partial charge in [-0.3, -0.25) is 4.79 Å². The van der Waals surface area contributed by atoms with Crippen LogP contribution in [0.5, 0.6) is 34.5 Å². The highest BCUT2D eigenvalue weighted by Gasteiger charge is 2.21. The van der Waals surface area contributed by atoms with Crippen LogP contribution in [0.15, 0.2) is 56.5 Å². The second-order valence-electron chi connectivity index (χ2n) is 7.67. The molecule has 0 atom stereocenters. The van der Waals surface area contributed by atoms with E-state index in [0.29, 0.717) is 62.0 Å². The minimum Gasteiger partial charge on any atom is -0.493 e. The van der Waals surface area contributed by atoms with Gasteiger partial charge in [0, 0.05) is 15.6 Å². The zero-order chi connectivity index (χ0) is 27.2. The van der Waals surface area contributed by atoms with Crippen molar-refractivity contribution in [2.45, 2.75) is 0 Å². The topological polar surface area (TPSA) is 114 Å². The second-order valence-corrected chi connectivity index (χ2v) is 9.44. The molecular weight excluding hydrogens is 628 g/mol. The summed E-state index contributed by atoms with van der Waals surface area (Å²) >= 11 is 6.83. The first-order chi connectivity index (χ1) is 18.3. The Hall–Kier alpha value is -3.77. The number of methoxy groups -OCH3 is 3. The maximum Gasteiger partial charge on any atom is 0.343 e. The van der Waals surface area contributed by atoms with Gasteiger partial charge in [-0.05, 0) is 58.4 Å². The van der Waals surface area contributed by atoms with E-state index in [1.807, 2.05) is 0 Å². The normalized spacial score (nSPS) is 12.1. The summed E-state index contributed by atoms with van der Waals surface area (Å²) in [5, 5.41) is 4.04. The molecule has 3 aromatic carbocycles. The van der Waals surface area contributed by atoms with Crippen molar-refractivity contribution in [1.29, 1.82) is 0 Å². The summed E-state index contributed by atoms with van der Waals surface area (Å²) < 4.78 is 33.8. The van der Waals surface area contributed by atoms with E-state index in [1.165, 1.54) is 39.7 Å². The van der Waals surface area contributed by atoms with Gasteiger partial charge in [0.2, 0.25) is 5.75 Å². The van der Waals surface area contributed by atoms with Crippen LogP contribution in [0, 0.1) is 0 Å². The number of rotatable bonds is 8. The van der Waals surface area contributed by atoms with Crippen molar-refractivity contribution in [2.24, 2.45) is 5.10 Å². The largest absolute Gasteiger partial charge is 0.493 e. The molecule has 1 aliphatic rings. The van der Waals surface area contributed by atoms with E-state index >= 15 is 0 Å². The molecule has 0 aromatic heterocycles. The average molecular weight is 650 g/mol. The van der Waals surface area contributed by atoms with E-state index in [4.69, 9.17) is 28.4 Å². The Balaban J connectivity index is 1.55. The number of hydrogen-bond acceptors (Lipinski definition) is 9. The predicted molar refractivity (Wildman–Crippen MR) is 145 cm³/mol. The van der Waals surface area contributed by atoms with Crippen LogP contribution in [0.25, 0.3) is 0 Å². The Kier molecular flexibility index (Phi) is 8.74.